The number of methoxy groups -OCH3 is 1. The first-order valence-corrected chi connectivity index (χ1v) is 10.0. The molecular weight excluding hydrogens is 416 g/mol. The average Bonchev–Trinajstić information content (AvgIpc) is 3.50. The van der Waals surface area contributed by atoms with Gasteiger partial charge >= 0.3 is 11.8 Å². The fourth-order valence-electron chi connectivity index (χ4n) is 3.06. The number of carbonyl (C=O) groups is 2. The summed E-state index contributed by atoms with van der Waals surface area (Å²) in [7, 11) is 1.61. The van der Waals surface area contributed by atoms with Crippen molar-refractivity contribution in [2.24, 2.45) is 0 Å². The number of rotatable bonds is 9. The van der Waals surface area contributed by atoms with E-state index in [4.69, 9.17) is 18.7 Å². The Morgan fingerprint density at radius 1 is 1.03 bits per heavy atom. The lowest BCUT2D eigenvalue weighted by molar-refractivity contribution is -0.121. The fraction of sp³-hybridized carbons (Fsp3) is 0.273. The van der Waals surface area contributed by atoms with Gasteiger partial charge in [0.2, 0.25) is 18.5 Å². The molecule has 32 heavy (non-hydrogen) atoms. The summed E-state index contributed by atoms with van der Waals surface area (Å²) in [4.78, 5) is 28.3. The summed E-state index contributed by atoms with van der Waals surface area (Å²) in [5.41, 5.74) is 1.69. The number of nitrogens with one attached hydrogen (secondary N) is 2. The summed E-state index contributed by atoms with van der Waals surface area (Å²) in [5, 5.41) is 9.24. The molecule has 0 bridgehead atoms. The first-order chi connectivity index (χ1) is 15.6. The van der Waals surface area contributed by atoms with Crippen molar-refractivity contribution < 1.29 is 28.3 Å². The van der Waals surface area contributed by atoms with Crippen LogP contribution in [0.5, 0.6) is 17.2 Å². The van der Waals surface area contributed by atoms with Gasteiger partial charge in [0.25, 0.3) is 0 Å². The van der Waals surface area contributed by atoms with Crippen LogP contribution in [0.3, 0.4) is 0 Å². The number of amides is 2. The normalized spacial score (nSPS) is 11.8. The van der Waals surface area contributed by atoms with Crippen LogP contribution in [0.2, 0.25) is 0 Å². The molecule has 4 rings (SSSR count). The molecule has 10 heteroatoms. The number of carbonyl (C=O) groups excluding carboxylic acids is 2. The third-order valence-corrected chi connectivity index (χ3v) is 4.78. The highest BCUT2D eigenvalue weighted by Crippen LogP contribution is 2.35. The minimum atomic E-state index is -0.517. The van der Waals surface area contributed by atoms with Gasteiger partial charge in [-0.05, 0) is 42.3 Å². The molecule has 10 nitrogen and oxygen atoms in total. The second kappa shape index (κ2) is 9.82. The Kier molecular flexibility index (Phi) is 6.49. The van der Waals surface area contributed by atoms with E-state index in [1.54, 1.807) is 25.3 Å². The molecule has 0 radical (unpaired) electrons. The minimum Gasteiger partial charge on any atom is -0.497 e. The zero-order valence-corrected chi connectivity index (χ0v) is 17.4. The van der Waals surface area contributed by atoms with Gasteiger partial charge in [0.05, 0.1) is 7.11 Å². The average molecular weight is 438 g/mol. The van der Waals surface area contributed by atoms with Crippen molar-refractivity contribution in [1.29, 1.82) is 0 Å². The maximum Gasteiger partial charge on any atom is 0.316 e. The minimum absolute atomic E-state index is 0.0991. The molecule has 0 fully saturated rings. The van der Waals surface area contributed by atoms with Crippen molar-refractivity contribution in [1.82, 2.24) is 20.8 Å². The summed E-state index contributed by atoms with van der Waals surface area (Å²) in [6.07, 6.45) is 0.968. The van der Waals surface area contributed by atoms with Gasteiger partial charge in [0.15, 0.2) is 11.5 Å². The number of aryl methyl sites for hydroxylation is 1. The van der Waals surface area contributed by atoms with Crippen molar-refractivity contribution in [2.45, 2.75) is 12.8 Å². The number of fused-ring (bicyclic) bond motifs is 1. The van der Waals surface area contributed by atoms with Crippen LogP contribution in [-0.2, 0) is 11.2 Å². The van der Waals surface area contributed by atoms with Crippen molar-refractivity contribution in [2.75, 3.05) is 27.0 Å². The third-order valence-electron chi connectivity index (χ3n) is 4.78. The molecule has 0 unspecified atom stereocenters. The second-order valence-electron chi connectivity index (χ2n) is 6.95. The predicted octanol–water partition coefficient (Wildman–Crippen LogP) is 1.95. The largest absolute Gasteiger partial charge is 0.497 e. The van der Waals surface area contributed by atoms with Crippen LogP contribution in [0.25, 0.3) is 11.4 Å². The molecule has 1 aliphatic rings. The van der Waals surface area contributed by atoms with E-state index in [1.165, 1.54) is 0 Å². The zero-order chi connectivity index (χ0) is 22.3. The fourth-order valence-corrected chi connectivity index (χ4v) is 3.06. The Hall–Kier alpha value is -4.08. The van der Waals surface area contributed by atoms with Gasteiger partial charge in [-0.1, -0.05) is 17.3 Å². The molecule has 2 heterocycles. The van der Waals surface area contributed by atoms with Crippen LogP contribution < -0.4 is 24.8 Å². The van der Waals surface area contributed by atoms with Gasteiger partial charge in [0, 0.05) is 25.1 Å². The maximum atomic E-state index is 12.2. The van der Waals surface area contributed by atoms with E-state index in [0.717, 1.165) is 11.3 Å². The van der Waals surface area contributed by atoms with Crippen LogP contribution in [-0.4, -0.2) is 48.9 Å². The van der Waals surface area contributed by atoms with Crippen LogP contribution >= 0.6 is 0 Å². The van der Waals surface area contributed by atoms with E-state index in [0.29, 0.717) is 29.9 Å². The number of nitrogens with zero attached hydrogens (tertiary/aromatic N) is 2. The highest BCUT2D eigenvalue weighted by Gasteiger charge is 2.19. The first kappa shape index (κ1) is 21.2. The van der Waals surface area contributed by atoms with Crippen LogP contribution in [0.15, 0.2) is 47.0 Å². The molecule has 1 aromatic heterocycles. The molecule has 166 valence electrons. The van der Waals surface area contributed by atoms with E-state index < -0.39 is 5.91 Å². The molecule has 2 amide bonds. The van der Waals surface area contributed by atoms with E-state index >= 15 is 0 Å². The Morgan fingerprint density at radius 3 is 2.62 bits per heavy atom. The molecule has 2 N–H and O–H groups in total. The van der Waals surface area contributed by atoms with E-state index in [2.05, 4.69) is 20.8 Å². The summed E-state index contributed by atoms with van der Waals surface area (Å²) in [5.74, 6) is 1.49. The SMILES string of the molecule is COc1ccc(CCC(=O)NCCNC(=O)c2nc(-c3ccc4c(c3)OCO4)no2)cc1. The lowest BCUT2D eigenvalue weighted by atomic mass is 10.1. The van der Waals surface area contributed by atoms with Gasteiger partial charge in [-0.15, -0.1) is 0 Å². The molecule has 0 spiro atoms. The topological polar surface area (TPSA) is 125 Å². The van der Waals surface area contributed by atoms with Crippen LogP contribution in [0, 0.1) is 0 Å². The second-order valence-corrected chi connectivity index (χ2v) is 6.95. The smallest absolute Gasteiger partial charge is 0.316 e. The molecule has 0 saturated heterocycles. The number of ether oxygens (including phenoxy) is 3. The number of aromatic nitrogens is 2. The van der Waals surface area contributed by atoms with Crippen molar-refractivity contribution >= 4 is 11.8 Å². The number of hydrogen-bond acceptors (Lipinski definition) is 8. The summed E-state index contributed by atoms with van der Waals surface area (Å²) in [6.45, 7) is 0.682. The van der Waals surface area contributed by atoms with Crippen molar-refractivity contribution in [3.05, 3.63) is 53.9 Å². The summed E-state index contributed by atoms with van der Waals surface area (Å²) in [6, 6.07) is 12.8. The van der Waals surface area contributed by atoms with Gasteiger partial charge < -0.3 is 29.4 Å². The zero-order valence-electron chi connectivity index (χ0n) is 17.4. The summed E-state index contributed by atoms with van der Waals surface area (Å²) >= 11 is 0. The molecule has 2 aromatic carbocycles. The highest BCUT2D eigenvalue weighted by molar-refractivity contribution is 5.90. The van der Waals surface area contributed by atoms with Crippen LogP contribution in [0.1, 0.15) is 22.7 Å². The maximum absolute atomic E-state index is 12.2. The van der Waals surface area contributed by atoms with E-state index in [-0.39, 0.29) is 37.5 Å². The molecular formula is C22H22N4O6. The first-order valence-electron chi connectivity index (χ1n) is 10.0. The van der Waals surface area contributed by atoms with Crippen molar-refractivity contribution in [3.8, 4) is 28.6 Å². The van der Waals surface area contributed by atoms with Crippen LogP contribution in [0.4, 0.5) is 0 Å². The Balaban J connectivity index is 1.18. The monoisotopic (exact) mass is 438 g/mol. The van der Waals surface area contributed by atoms with E-state index in [1.807, 2.05) is 24.3 Å². The lowest BCUT2D eigenvalue weighted by Gasteiger charge is -2.06. The Bertz CT molecular complexity index is 1100. The van der Waals surface area contributed by atoms with Gasteiger partial charge in [-0.3, -0.25) is 9.59 Å². The van der Waals surface area contributed by atoms with Crippen molar-refractivity contribution in [3.63, 3.8) is 0 Å². The standard InChI is InChI=1S/C22H22N4O6/c1-29-16-6-2-14(3-7-16)4-9-19(27)23-10-11-24-21(28)22-25-20(26-32-22)15-5-8-17-18(12-15)31-13-30-17/h2-3,5-8,12H,4,9-11,13H2,1H3,(H,23,27)(H,24,28). The predicted molar refractivity (Wildman–Crippen MR) is 113 cm³/mol. The van der Waals surface area contributed by atoms with E-state index in [9.17, 15) is 9.59 Å². The molecule has 3 aromatic rings. The van der Waals surface area contributed by atoms with Gasteiger partial charge in [-0.2, -0.15) is 4.98 Å². The molecule has 0 aliphatic carbocycles. The molecule has 1 aliphatic heterocycles. The quantitative estimate of drug-likeness (QED) is 0.486. The summed E-state index contributed by atoms with van der Waals surface area (Å²) < 4.78 is 20.7. The highest BCUT2D eigenvalue weighted by atomic mass is 16.7. The molecule has 0 atom stereocenters. The Labute approximate surface area is 183 Å². The van der Waals surface area contributed by atoms with Gasteiger partial charge in [-0.25, -0.2) is 0 Å². The number of hydrogen-bond donors (Lipinski definition) is 2. The number of benzene rings is 2. The van der Waals surface area contributed by atoms with Gasteiger partial charge in [0.1, 0.15) is 5.75 Å². The molecule has 0 saturated carbocycles. The Morgan fingerprint density at radius 2 is 1.81 bits per heavy atom. The third kappa shape index (κ3) is 5.15. The lowest BCUT2D eigenvalue weighted by Crippen LogP contribution is -2.34.